The standard InChI is InChI=1S/C16H27N3/c1-16(2,3)18-9-15-8-17-11-19(15)10-14-7-12-4-5-13(14)6-12/h8,11-14,18H,4-7,9-10H2,1-3H3. The van der Waals surface area contributed by atoms with Crippen LogP contribution in [0.5, 0.6) is 0 Å². The number of imidazole rings is 1. The zero-order chi connectivity index (χ0) is 13.5. The van der Waals surface area contributed by atoms with Gasteiger partial charge in [-0.3, -0.25) is 0 Å². The molecule has 106 valence electrons. The molecule has 0 saturated heterocycles. The molecule has 1 aromatic rings. The molecule has 2 aliphatic rings. The molecule has 0 amide bonds. The van der Waals surface area contributed by atoms with Crippen LogP contribution in [0.15, 0.2) is 12.5 Å². The number of hydrogen-bond donors (Lipinski definition) is 1. The summed E-state index contributed by atoms with van der Waals surface area (Å²) in [7, 11) is 0. The van der Waals surface area contributed by atoms with E-state index in [9.17, 15) is 0 Å². The van der Waals surface area contributed by atoms with Crippen LogP contribution in [-0.4, -0.2) is 15.1 Å². The molecule has 3 unspecified atom stereocenters. The summed E-state index contributed by atoms with van der Waals surface area (Å²) in [5.41, 5.74) is 1.50. The minimum Gasteiger partial charge on any atom is -0.333 e. The molecule has 3 nitrogen and oxygen atoms in total. The summed E-state index contributed by atoms with van der Waals surface area (Å²) in [6.07, 6.45) is 9.95. The fourth-order valence-corrected chi connectivity index (χ4v) is 3.87. The van der Waals surface area contributed by atoms with E-state index in [1.165, 1.54) is 37.9 Å². The van der Waals surface area contributed by atoms with Gasteiger partial charge < -0.3 is 9.88 Å². The molecule has 1 heterocycles. The van der Waals surface area contributed by atoms with Crippen LogP contribution in [0.4, 0.5) is 0 Å². The Hall–Kier alpha value is -0.830. The van der Waals surface area contributed by atoms with Crippen molar-refractivity contribution < 1.29 is 0 Å². The third-order valence-corrected chi connectivity index (χ3v) is 4.91. The number of rotatable bonds is 4. The van der Waals surface area contributed by atoms with Crippen LogP contribution in [0.25, 0.3) is 0 Å². The molecule has 0 aromatic carbocycles. The topological polar surface area (TPSA) is 29.9 Å². The van der Waals surface area contributed by atoms with Gasteiger partial charge >= 0.3 is 0 Å². The Bertz CT molecular complexity index is 429. The number of nitrogens with zero attached hydrogens (tertiary/aromatic N) is 2. The largest absolute Gasteiger partial charge is 0.333 e. The van der Waals surface area contributed by atoms with Crippen LogP contribution >= 0.6 is 0 Å². The number of aromatic nitrogens is 2. The van der Waals surface area contributed by atoms with Crippen LogP contribution in [0.3, 0.4) is 0 Å². The molecule has 2 saturated carbocycles. The first-order valence-corrected chi connectivity index (χ1v) is 7.75. The normalized spacial score (nSPS) is 30.2. The van der Waals surface area contributed by atoms with Gasteiger partial charge in [-0.2, -0.15) is 0 Å². The highest BCUT2D eigenvalue weighted by Gasteiger charge is 2.39. The van der Waals surface area contributed by atoms with E-state index in [0.29, 0.717) is 0 Å². The van der Waals surface area contributed by atoms with E-state index in [2.05, 4.69) is 35.6 Å². The van der Waals surface area contributed by atoms with Gasteiger partial charge in [0.05, 0.1) is 12.0 Å². The number of fused-ring (bicyclic) bond motifs is 2. The molecular formula is C16H27N3. The summed E-state index contributed by atoms with van der Waals surface area (Å²) in [4.78, 5) is 4.35. The van der Waals surface area contributed by atoms with Crippen molar-refractivity contribution in [2.24, 2.45) is 17.8 Å². The van der Waals surface area contributed by atoms with Gasteiger partial charge in [-0.1, -0.05) is 6.42 Å². The Balaban J connectivity index is 1.61. The third-order valence-electron chi connectivity index (χ3n) is 4.91. The van der Waals surface area contributed by atoms with Crippen molar-refractivity contribution in [2.75, 3.05) is 0 Å². The van der Waals surface area contributed by atoms with Crippen molar-refractivity contribution in [1.29, 1.82) is 0 Å². The molecule has 19 heavy (non-hydrogen) atoms. The van der Waals surface area contributed by atoms with Gasteiger partial charge in [-0.25, -0.2) is 4.98 Å². The van der Waals surface area contributed by atoms with Gasteiger partial charge in [0.1, 0.15) is 0 Å². The smallest absolute Gasteiger partial charge is 0.0948 e. The average molecular weight is 261 g/mol. The van der Waals surface area contributed by atoms with Gasteiger partial charge in [0.25, 0.3) is 0 Å². The predicted molar refractivity (Wildman–Crippen MR) is 77.8 cm³/mol. The highest BCUT2D eigenvalue weighted by molar-refractivity contribution is 5.00. The van der Waals surface area contributed by atoms with E-state index in [4.69, 9.17) is 0 Å². The summed E-state index contributed by atoms with van der Waals surface area (Å²) in [6.45, 7) is 8.74. The fourth-order valence-electron chi connectivity index (χ4n) is 3.87. The lowest BCUT2D eigenvalue weighted by atomic mass is 9.89. The van der Waals surface area contributed by atoms with Crippen molar-refractivity contribution in [1.82, 2.24) is 14.9 Å². The first-order chi connectivity index (χ1) is 9.01. The third kappa shape index (κ3) is 3.02. The van der Waals surface area contributed by atoms with Gasteiger partial charge in [0.15, 0.2) is 0 Å². The molecule has 0 spiro atoms. The Morgan fingerprint density at radius 2 is 2.16 bits per heavy atom. The zero-order valence-corrected chi connectivity index (χ0v) is 12.5. The molecule has 2 bridgehead atoms. The molecule has 1 N–H and O–H groups in total. The summed E-state index contributed by atoms with van der Waals surface area (Å²) in [6, 6.07) is 0. The van der Waals surface area contributed by atoms with Gasteiger partial charge in [0, 0.05) is 24.8 Å². The maximum absolute atomic E-state index is 4.35. The average Bonchev–Trinajstić information content (AvgIpc) is 3.01. The van der Waals surface area contributed by atoms with Crippen molar-refractivity contribution in [2.45, 2.75) is 65.1 Å². The molecule has 0 aliphatic heterocycles. The lowest BCUT2D eigenvalue weighted by Crippen LogP contribution is -2.35. The number of nitrogens with one attached hydrogen (secondary N) is 1. The van der Waals surface area contributed by atoms with Crippen LogP contribution in [0, 0.1) is 17.8 Å². The van der Waals surface area contributed by atoms with E-state index < -0.39 is 0 Å². The van der Waals surface area contributed by atoms with Crippen LogP contribution in [-0.2, 0) is 13.1 Å². The second-order valence-electron chi connectivity index (χ2n) is 7.58. The maximum Gasteiger partial charge on any atom is 0.0948 e. The van der Waals surface area contributed by atoms with Crippen molar-refractivity contribution in [3.05, 3.63) is 18.2 Å². The first-order valence-electron chi connectivity index (χ1n) is 7.75. The summed E-state index contributed by atoms with van der Waals surface area (Å²) < 4.78 is 2.38. The Labute approximate surface area is 116 Å². The van der Waals surface area contributed by atoms with E-state index >= 15 is 0 Å². The van der Waals surface area contributed by atoms with Gasteiger partial charge in [0.2, 0.25) is 0 Å². The van der Waals surface area contributed by atoms with Crippen molar-refractivity contribution >= 4 is 0 Å². The predicted octanol–water partition coefficient (Wildman–Crippen LogP) is 3.21. The molecule has 2 fully saturated rings. The zero-order valence-electron chi connectivity index (χ0n) is 12.5. The van der Waals surface area contributed by atoms with Crippen molar-refractivity contribution in [3.8, 4) is 0 Å². The second kappa shape index (κ2) is 4.93. The highest BCUT2D eigenvalue weighted by atomic mass is 15.1. The molecule has 0 radical (unpaired) electrons. The maximum atomic E-state index is 4.35. The fraction of sp³-hybridized carbons (Fsp3) is 0.812. The highest BCUT2D eigenvalue weighted by Crippen LogP contribution is 2.48. The van der Waals surface area contributed by atoms with Crippen LogP contribution in [0.1, 0.15) is 52.1 Å². The van der Waals surface area contributed by atoms with Gasteiger partial charge in [-0.05, 0) is 57.8 Å². The molecule has 2 aliphatic carbocycles. The monoisotopic (exact) mass is 261 g/mol. The minimum absolute atomic E-state index is 0.168. The molecular weight excluding hydrogens is 234 g/mol. The number of hydrogen-bond acceptors (Lipinski definition) is 2. The summed E-state index contributed by atoms with van der Waals surface area (Å²) in [5, 5.41) is 3.56. The molecule has 3 rings (SSSR count). The Morgan fingerprint density at radius 1 is 1.32 bits per heavy atom. The second-order valence-corrected chi connectivity index (χ2v) is 7.58. The lowest BCUT2D eigenvalue weighted by Gasteiger charge is -2.24. The molecule has 3 atom stereocenters. The Kier molecular flexibility index (Phi) is 3.42. The molecule has 1 aromatic heterocycles. The summed E-state index contributed by atoms with van der Waals surface area (Å²) >= 11 is 0. The minimum atomic E-state index is 0.168. The Morgan fingerprint density at radius 3 is 2.79 bits per heavy atom. The van der Waals surface area contributed by atoms with Crippen LogP contribution < -0.4 is 5.32 Å². The van der Waals surface area contributed by atoms with E-state index in [1.807, 2.05) is 12.5 Å². The SMILES string of the molecule is CC(C)(C)NCc1cncn1CC1CC2CCC1C2. The quantitative estimate of drug-likeness (QED) is 0.902. The van der Waals surface area contributed by atoms with Crippen molar-refractivity contribution in [3.63, 3.8) is 0 Å². The molecule has 3 heteroatoms. The van der Waals surface area contributed by atoms with E-state index in [-0.39, 0.29) is 5.54 Å². The first kappa shape index (κ1) is 13.2. The van der Waals surface area contributed by atoms with Crippen LogP contribution in [0.2, 0.25) is 0 Å². The summed E-state index contributed by atoms with van der Waals surface area (Å²) in [5.74, 6) is 2.94. The van der Waals surface area contributed by atoms with E-state index in [1.54, 1.807) is 0 Å². The van der Waals surface area contributed by atoms with Gasteiger partial charge in [-0.15, -0.1) is 0 Å². The lowest BCUT2D eigenvalue weighted by molar-refractivity contribution is 0.291. The van der Waals surface area contributed by atoms with E-state index in [0.717, 1.165) is 24.3 Å².